The third-order valence-electron chi connectivity index (χ3n) is 5.31. The Morgan fingerprint density at radius 2 is 1.13 bits per heavy atom. The molecular formula is C22H24Cl2N2O4. The second kappa shape index (κ2) is 10.0. The topological polar surface area (TPSA) is 76.7 Å². The van der Waals surface area contributed by atoms with Crippen molar-refractivity contribution in [1.29, 1.82) is 0 Å². The maximum Gasteiger partial charge on any atom is 0.227 e. The Balaban J connectivity index is 1.57. The predicted octanol–water partition coefficient (Wildman–Crippen LogP) is 5.39. The van der Waals surface area contributed by atoms with E-state index in [0.29, 0.717) is 58.6 Å². The molecule has 30 heavy (non-hydrogen) atoms. The lowest BCUT2D eigenvalue weighted by Crippen LogP contribution is -2.32. The number of benzene rings is 2. The van der Waals surface area contributed by atoms with Gasteiger partial charge in [-0.25, -0.2) is 0 Å². The van der Waals surface area contributed by atoms with Gasteiger partial charge in [0.05, 0.1) is 25.6 Å². The summed E-state index contributed by atoms with van der Waals surface area (Å²) in [4.78, 5) is 25.4. The zero-order valence-corrected chi connectivity index (χ0v) is 18.3. The van der Waals surface area contributed by atoms with E-state index in [-0.39, 0.29) is 23.7 Å². The lowest BCUT2D eigenvalue weighted by molar-refractivity contribution is -0.125. The molecule has 160 valence electrons. The minimum Gasteiger partial charge on any atom is -0.495 e. The van der Waals surface area contributed by atoms with Crippen LogP contribution < -0.4 is 20.1 Å². The van der Waals surface area contributed by atoms with E-state index in [2.05, 4.69) is 10.6 Å². The van der Waals surface area contributed by atoms with Gasteiger partial charge in [-0.1, -0.05) is 23.2 Å². The van der Waals surface area contributed by atoms with E-state index in [4.69, 9.17) is 32.7 Å². The molecule has 0 bridgehead atoms. The van der Waals surface area contributed by atoms with Crippen LogP contribution >= 0.6 is 23.2 Å². The molecule has 1 aliphatic carbocycles. The monoisotopic (exact) mass is 450 g/mol. The van der Waals surface area contributed by atoms with E-state index >= 15 is 0 Å². The van der Waals surface area contributed by atoms with Gasteiger partial charge in [0.15, 0.2) is 0 Å². The number of ether oxygens (including phenoxy) is 2. The van der Waals surface area contributed by atoms with Gasteiger partial charge in [0.25, 0.3) is 0 Å². The molecule has 2 aromatic rings. The van der Waals surface area contributed by atoms with Crippen LogP contribution in [0.3, 0.4) is 0 Å². The summed E-state index contributed by atoms with van der Waals surface area (Å²) in [7, 11) is 3.08. The highest BCUT2D eigenvalue weighted by Gasteiger charge is 2.30. The van der Waals surface area contributed by atoms with Crippen molar-refractivity contribution in [2.45, 2.75) is 25.7 Å². The molecule has 0 saturated heterocycles. The molecular weight excluding hydrogens is 427 g/mol. The number of methoxy groups -OCH3 is 2. The first-order chi connectivity index (χ1) is 14.4. The molecule has 0 radical (unpaired) electrons. The van der Waals surface area contributed by atoms with Crippen molar-refractivity contribution in [3.05, 3.63) is 46.4 Å². The van der Waals surface area contributed by atoms with Gasteiger partial charge >= 0.3 is 0 Å². The fourth-order valence-corrected chi connectivity index (χ4v) is 3.99. The zero-order chi connectivity index (χ0) is 21.7. The molecule has 1 saturated carbocycles. The average Bonchev–Trinajstić information content (AvgIpc) is 2.74. The third kappa shape index (κ3) is 5.37. The summed E-state index contributed by atoms with van der Waals surface area (Å²) in [5.41, 5.74) is 1.09. The van der Waals surface area contributed by atoms with E-state index in [1.54, 1.807) is 36.4 Å². The molecule has 0 aromatic heterocycles. The van der Waals surface area contributed by atoms with Crippen LogP contribution in [-0.2, 0) is 9.59 Å². The second-order valence-electron chi connectivity index (χ2n) is 7.22. The Bertz CT molecular complexity index is 852. The van der Waals surface area contributed by atoms with Crippen LogP contribution in [-0.4, -0.2) is 26.0 Å². The summed E-state index contributed by atoms with van der Waals surface area (Å²) in [6.07, 6.45) is 2.50. The quantitative estimate of drug-likeness (QED) is 0.617. The summed E-state index contributed by atoms with van der Waals surface area (Å²) in [6, 6.07) is 10.2. The van der Waals surface area contributed by atoms with E-state index in [9.17, 15) is 9.59 Å². The second-order valence-corrected chi connectivity index (χ2v) is 8.09. The largest absolute Gasteiger partial charge is 0.495 e. The molecule has 0 heterocycles. The summed E-state index contributed by atoms with van der Waals surface area (Å²) >= 11 is 12.1. The highest BCUT2D eigenvalue weighted by molar-refractivity contribution is 6.31. The fraction of sp³-hybridized carbons (Fsp3) is 0.364. The molecule has 0 aliphatic heterocycles. The van der Waals surface area contributed by atoms with Crippen LogP contribution in [0.5, 0.6) is 11.5 Å². The van der Waals surface area contributed by atoms with Crippen LogP contribution in [0.1, 0.15) is 25.7 Å². The molecule has 8 heteroatoms. The zero-order valence-electron chi connectivity index (χ0n) is 16.8. The Morgan fingerprint density at radius 1 is 0.767 bits per heavy atom. The maximum atomic E-state index is 12.7. The normalized spacial score (nSPS) is 18.4. The summed E-state index contributed by atoms with van der Waals surface area (Å²) in [6.45, 7) is 0. The van der Waals surface area contributed by atoms with Gasteiger partial charge in [-0.2, -0.15) is 0 Å². The molecule has 1 aliphatic rings. The van der Waals surface area contributed by atoms with Gasteiger partial charge in [0.2, 0.25) is 11.8 Å². The first-order valence-electron chi connectivity index (χ1n) is 9.70. The van der Waals surface area contributed by atoms with E-state index < -0.39 is 0 Å². The van der Waals surface area contributed by atoms with Crippen LogP contribution in [0.4, 0.5) is 11.4 Å². The van der Waals surface area contributed by atoms with Gasteiger partial charge in [-0.15, -0.1) is 0 Å². The molecule has 0 atom stereocenters. The van der Waals surface area contributed by atoms with Crippen molar-refractivity contribution >= 4 is 46.4 Å². The first kappa shape index (κ1) is 22.2. The average molecular weight is 451 g/mol. The van der Waals surface area contributed by atoms with Crippen LogP contribution in [0.15, 0.2) is 36.4 Å². The molecule has 2 N–H and O–H groups in total. The van der Waals surface area contributed by atoms with Gasteiger partial charge in [0, 0.05) is 21.9 Å². The summed E-state index contributed by atoms with van der Waals surface area (Å²) in [5, 5.41) is 6.83. The number of halogens is 2. The number of anilines is 2. The SMILES string of the molecule is COc1ccc(Cl)cc1NC(=O)C1CCC(C(=O)Nc2cc(Cl)ccc2OC)CC1. The minimum atomic E-state index is -0.168. The molecule has 6 nitrogen and oxygen atoms in total. The van der Waals surface area contributed by atoms with Crippen molar-refractivity contribution in [3.63, 3.8) is 0 Å². The smallest absolute Gasteiger partial charge is 0.227 e. The van der Waals surface area contributed by atoms with Crippen molar-refractivity contribution in [2.75, 3.05) is 24.9 Å². The van der Waals surface area contributed by atoms with E-state index in [0.717, 1.165) is 0 Å². The van der Waals surface area contributed by atoms with Crippen molar-refractivity contribution in [3.8, 4) is 11.5 Å². The van der Waals surface area contributed by atoms with E-state index in [1.165, 1.54) is 14.2 Å². The molecule has 1 fully saturated rings. The van der Waals surface area contributed by atoms with Gasteiger partial charge < -0.3 is 20.1 Å². The summed E-state index contributed by atoms with van der Waals surface area (Å²) in [5.74, 6) is 0.585. The van der Waals surface area contributed by atoms with Crippen molar-refractivity contribution in [1.82, 2.24) is 0 Å². The number of amides is 2. The van der Waals surface area contributed by atoms with Gasteiger partial charge in [-0.3, -0.25) is 9.59 Å². The standard InChI is InChI=1S/C22H24Cl2N2O4/c1-29-19-9-7-15(23)11-17(19)25-21(27)13-3-5-14(6-4-13)22(28)26-18-12-16(24)8-10-20(18)30-2/h7-14H,3-6H2,1-2H3,(H,25,27)(H,26,28). The van der Waals surface area contributed by atoms with Gasteiger partial charge in [0.1, 0.15) is 11.5 Å². The highest BCUT2D eigenvalue weighted by Crippen LogP contribution is 2.34. The fourth-order valence-electron chi connectivity index (χ4n) is 3.64. The Labute approximate surface area is 185 Å². The maximum absolute atomic E-state index is 12.7. The number of hydrogen-bond acceptors (Lipinski definition) is 4. The number of carbonyl (C=O) groups is 2. The summed E-state index contributed by atoms with van der Waals surface area (Å²) < 4.78 is 10.5. The van der Waals surface area contributed by atoms with Crippen molar-refractivity contribution < 1.29 is 19.1 Å². The lowest BCUT2D eigenvalue weighted by Gasteiger charge is -2.27. The number of hydrogen-bond donors (Lipinski definition) is 2. The van der Waals surface area contributed by atoms with Crippen LogP contribution in [0.25, 0.3) is 0 Å². The number of nitrogens with one attached hydrogen (secondary N) is 2. The highest BCUT2D eigenvalue weighted by atomic mass is 35.5. The Hall–Kier alpha value is -2.44. The van der Waals surface area contributed by atoms with E-state index in [1.807, 2.05) is 0 Å². The van der Waals surface area contributed by atoms with Gasteiger partial charge in [-0.05, 0) is 62.1 Å². The molecule has 3 rings (SSSR count). The Kier molecular flexibility index (Phi) is 7.45. The molecule has 0 spiro atoms. The molecule has 0 unspecified atom stereocenters. The minimum absolute atomic E-state index is 0.0917. The molecule has 2 aromatic carbocycles. The third-order valence-corrected chi connectivity index (χ3v) is 5.78. The molecule has 2 amide bonds. The number of carbonyl (C=O) groups excluding carboxylic acids is 2. The van der Waals surface area contributed by atoms with Crippen LogP contribution in [0.2, 0.25) is 10.0 Å². The lowest BCUT2D eigenvalue weighted by atomic mass is 9.81. The van der Waals surface area contributed by atoms with Crippen molar-refractivity contribution in [2.24, 2.45) is 11.8 Å². The first-order valence-corrected chi connectivity index (χ1v) is 10.5. The predicted molar refractivity (Wildman–Crippen MR) is 119 cm³/mol. The van der Waals surface area contributed by atoms with Crippen LogP contribution in [0, 0.1) is 11.8 Å². The number of rotatable bonds is 6. The Morgan fingerprint density at radius 3 is 1.47 bits per heavy atom.